The highest BCUT2D eigenvalue weighted by Crippen LogP contribution is 2.69. The Hall–Kier alpha value is -1.97. The Morgan fingerprint density at radius 1 is 1.11 bits per heavy atom. The zero-order valence-electron chi connectivity index (χ0n) is 14.2. The van der Waals surface area contributed by atoms with Crippen molar-refractivity contribution in [3.63, 3.8) is 0 Å². The van der Waals surface area contributed by atoms with E-state index in [1.807, 2.05) is 0 Å². The first-order chi connectivity index (χ1) is 12.5. The van der Waals surface area contributed by atoms with Crippen molar-refractivity contribution in [1.29, 1.82) is 0 Å². The quantitative estimate of drug-likeness (QED) is 0.611. The number of alkyl halides is 4. The maximum Gasteiger partial charge on any atom is 0.318 e. The number of nitrogens with zero attached hydrogens (tertiary/aromatic N) is 2. The van der Waals surface area contributed by atoms with Crippen molar-refractivity contribution in [3.05, 3.63) is 23.2 Å². The smallest absolute Gasteiger partial charge is 0.318 e. The van der Waals surface area contributed by atoms with Crippen molar-refractivity contribution in [1.82, 2.24) is 15.3 Å². The highest BCUT2D eigenvalue weighted by molar-refractivity contribution is 6.30. The number of hydrogen-bond acceptors (Lipinski definition) is 5. The summed E-state index contributed by atoms with van der Waals surface area (Å²) in [6, 6.07) is 0. The van der Waals surface area contributed by atoms with E-state index in [1.54, 1.807) is 0 Å². The first kappa shape index (κ1) is 19.8. The third-order valence-corrected chi connectivity index (χ3v) is 5.89. The molecule has 1 amide bonds. The molecule has 3 saturated carbocycles. The monoisotopic (exact) mass is 409 g/mol. The molecule has 0 spiro atoms. The van der Waals surface area contributed by atoms with Gasteiger partial charge >= 0.3 is 5.97 Å². The molecule has 0 saturated heterocycles. The van der Waals surface area contributed by atoms with E-state index < -0.39 is 60.2 Å². The molecule has 0 aromatic carbocycles. The standard InChI is InChI=1S/C16H16ClF4N3O3/c1-27-12(26)14-3-2-13(7-16(14,20)21,15(18,19)8-14)11(25)24-6-9-10(17)23-5-4-22-9/h4-5H,2-3,6-8H2,1H3,(H,24,25). The lowest BCUT2D eigenvalue weighted by Gasteiger charge is -2.57. The van der Waals surface area contributed by atoms with Crippen molar-refractivity contribution in [2.24, 2.45) is 10.8 Å². The van der Waals surface area contributed by atoms with E-state index in [-0.39, 0.29) is 17.4 Å². The molecule has 2 unspecified atom stereocenters. The fraction of sp³-hybridized carbons (Fsp3) is 0.625. The molecule has 3 aliphatic carbocycles. The van der Waals surface area contributed by atoms with Crippen LogP contribution in [0.25, 0.3) is 0 Å². The minimum absolute atomic E-state index is 0.0376. The number of hydrogen-bond donors (Lipinski definition) is 1. The number of ether oxygens (including phenoxy) is 1. The second-order valence-electron chi connectivity index (χ2n) is 6.89. The van der Waals surface area contributed by atoms with Gasteiger partial charge in [-0.3, -0.25) is 14.6 Å². The molecule has 6 nitrogen and oxygen atoms in total. The van der Waals surface area contributed by atoms with Gasteiger partial charge in [0.25, 0.3) is 11.8 Å². The Bertz CT molecular complexity index is 794. The van der Waals surface area contributed by atoms with Gasteiger partial charge < -0.3 is 10.1 Å². The van der Waals surface area contributed by atoms with E-state index in [1.165, 1.54) is 12.4 Å². The van der Waals surface area contributed by atoms with Crippen LogP contribution in [0.1, 0.15) is 31.4 Å². The summed E-state index contributed by atoms with van der Waals surface area (Å²) in [6.07, 6.45) is -1.43. The van der Waals surface area contributed by atoms with E-state index in [0.29, 0.717) is 0 Å². The van der Waals surface area contributed by atoms with Gasteiger partial charge in [0.05, 0.1) is 19.3 Å². The van der Waals surface area contributed by atoms with Crippen LogP contribution in [0, 0.1) is 10.8 Å². The minimum atomic E-state index is -3.81. The van der Waals surface area contributed by atoms with Gasteiger partial charge in [-0.1, -0.05) is 11.6 Å². The number of aromatic nitrogens is 2. The van der Waals surface area contributed by atoms with E-state index in [2.05, 4.69) is 20.0 Å². The molecule has 0 radical (unpaired) electrons. The van der Waals surface area contributed by atoms with Gasteiger partial charge in [-0.05, 0) is 12.8 Å². The molecule has 3 aliphatic rings. The van der Waals surface area contributed by atoms with Crippen LogP contribution < -0.4 is 5.32 Å². The highest BCUT2D eigenvalue weighted by Gasteiger charge is 2.80. The minimum Gasteiger partial charge on any atom is -0.468 e. The number of halogens is 5. The third-order valence-electron chi connectivity index (χ3n) is 5.58. The number of amides is 1. The Labute approximate surface area is 156 Å². The third kappa shape index (κ3) is 2.76. The summed E-state index contributed by atoms with van der Waals surface area (Å²) in [5.41, 5.74) is -5.13. The molecule has 1 heterocycles. The Morgan fingerprint density at radius 3 is 2.22 bits per heavy atom. The number of rotatable bonds is 4. The zero-order valence-corrected chi connectivity index (χ0v) is 15.0. The molecular weight excluding hydrogens is 394 g/mol. The normalized spacial score (nSPS) is 30.6. The summed E-state index contributed by atoms with van der Waals surface area (Å²) in [5, 5.41) is 2.18. The van der Waals surface area contributed by atoms with Crippen LogP contribution in [0.4, 0.5) is 17.6 Å². The topological polar surface area (TPSA) is 81.2 Å². The molecule has 1 aromatic heterocycles. The highest BCUT2D eigenvalue weighted by atomic mass is 35.5. The van der Waals surface area contributed by atoms with Gasteiger partial charge in [-0.2, -0.15) is 0 Å². The molecule has 1 N–H and O–H groups in total. The molecular formula is C16H16ClF4N3O3. The van der Waals surface area contributed by atoms with Crippen LogP contribution in [-0.2, 0) is 20.9 Å². The number of carbonyl (C=O) groups excluding carboxylic acids is 2. The summed E-state index contributed by atoms with van der Waals surface area (Å²) in [6.45, 7) is -0.336. The molecule has 2 atom stereocenters. The van der Waals surface area contributed by atoms with Crippen molar-refractivity contribution in [3.8, 4) is 0 Å². The van der Waals surface area contributed by atoms with E-state index in [0.717, 1.165) is 7.11 Å². The molecule has 4 rings (SSSR count). The summed E-state index contributed by atoms with van der Waals surface area (Å²) < 4.78 is 63.5. The molecule has 0 aliphatic heterocycles. The lowest BCUT2D eigenvalue weighted by atomic mass is 9.49. The maximum atomic E-state index is 14.8. The summed E-state index contributed by atoms with van der Waals surface area (Å²) >= 11 is 5.80. The molecule has 148 valence electrons. The van der Waals surface area contributed by atoms with Crippen molar-refractivity contribution in [2.75, 3.05) is 7.11 Å². The van der Waals surface area contributed by atoms with Gasteiger partial charge in [0.1, 0.15) is 10.8 Å². The van der Waals surface area contributed by atoms with Crippen LogP contribution >= 0.6 is 11.6 Å². The number of nitrogens with one attached hydrogen (secondary N) is 1. The first-order valence-electron chi connectivity index (χ1n) is 8.09. The van der Waals surface area contributed by atoms with Crippen LogP contribution in [-0.4, -0.2) is 40.8 Å². The Balaban J connectivity index is 1.88. The lowest BCUT2D eigenvalue weighted by molar-refractivity contribution is -0.297. The van der Waals surface area contributed by atoms with Gasteiger partial charge in [-0.25, -0.2) is 22.5 Å². The fourth-order valence-corrected chi connectivity index (χ4v) is 4.18. The summed E-state index contributed by atoms with van der Waals surface area (Å²) in [5.74, 6) is -10.2. The SMILES string of the molecule is COC(=O)C12CCC(C(=O)NCc3nccnc3Cl)(CC1(F)F)C(F)(F)C2. The molecule has 11 heteroatoms. The first-order valence-corrected chi connectivity index (χ1v) is 8.47. The molecule has 27 heavy (non-hydrogen) atoms. The van der Waals surface area contributed by atoms with Gasteiger partial charge in [-0.15, -0.1) is 0 Å². The van der Waals surface area contributed by atoms with Gasteiger partial charge in [0.2, 0.25) is 5.91 Å². The number of carbonyl (C=O) groups is 2. The number of fused-ring (bicyclic) bond motifs is 3. The zero-order chi connectivity index (χ0) is 20.1. The second kappa shape index (κ2) is 6.29. The maximum absolute atomic E-state index is 14.8. The average molecular weight is 410 g/mol. The van der Waals surface area contributed by atoms with Crippen LogP contribution in [0.15, 0.2) is 12.4 Å². The predicted octanol–water partition coefficient (Wildman–Crippen LogP) is 2.75. The predicted molar refractivity (Wildman–Crippen MR) is 84.1 cm³/mol. The molecule has 2 bridgehead atoms. The summed E-state index contributed by atoms with van der Waals surface area (Å²) in [4.78, 5) is 32.1. The van der Waals surface area contributed by atoms with Crippen molar-refractivity contribution in [2.45, 2.75) is 44.1 Å². The van der Waals surface area contributed by atoms with Gasteiger partial charge in [0.15, 0.2) is 5.15 Å². The van der Waals surface area contributed by atoms with Crippen LogP contribution in [0.5, 0.6) is 0 Å². The van der Waals surface area contributed by atoms with Gasteiger partial charge in [0, 0.05) is 25.2 Å². The van der Waals surface area contributed by atoms with Crippen LogP contribution in [0.2, 0.25) is 5.15 Å². The largest absolute Gasteiger partial charge is 0.468 e. The molecule has 1 aromatic rings. The number of methoxy groups -OCH3 is 1. The lowest BCUT2D eigenvalue weighted by Crippen LogP contribution is -2.70. The molecule has 3 fully saturated rings. The fourth-order valence-electron chi connectivity index (χ4n) is 4.00. The van der Waals surface area contributed by atoms with E-state index >= 15 is 0 Å². The van der Waals surface area contributed by atoms with E-state index in [4.69, 9.17) is 11.6 Å². The summed E-state index contributed by atoms with van der Waals surface area (Å²) in [7, 11) is 0.874. The number of esters is 1. The van der Waals surface area contributed by atoms with Crippen LogP contribution in [0.3, 0.4) is 0 Å². The second-order valence-corrected chi connectivity index (χ2v) is 7.25. The van der Waals surface area contributed by atoms with Crippen molar-refractivity contribution >= 4 is 23.5 Å². The average Bonchev–Trinajstić information content (AvgIpc) is 2.60. The Morgan fingerprint density at radius 2 is 1.67 bits per heavy atom. The van der Waals surface area contributed by atoms with E-state index in [9.17, 15) is 27.2 Å². The van der Waals surface area contributed by atoms with Crippen molar-refractivity contribution < 1.29 is 31.9 Å². The Kier molecular flexibility index (Phi) is 4.61.